The van der Waals surface area contributed by atoms with E-state index in [0.29, 0.717) is 30.8 Å². The quantitative estimate of drug-likeness (QED) is 0.929. The van der Waals surface area contributed by atoms with Crippen LogP contribution in [-0.2, 0) is 14.8 Å². The van der Waals surface area contributed by atoms with Gasteiger partial charge in [0.1, 0.15) is 0 Å². The van der Waals surface area contributed by atoms with Crippen molar-refractivity contribution in [1.29, 1.82) is 0 Å². The highest BCUT2D eigenvalue weighted by Crippen LogP contribution is 2.28. The first kappa shape index (κ1) is 15.8. The van der Waals surface area contributed by atoms with Gasteiger partial charge in [0.2, 0.25) is 15.9 Å². The number of hydrogen-bond donors (Lipinski definition) is 1. The van der Waals surface area contributed by atoms with Crippen molar-refractivity contribution < 1.29 is 13.2 Å². The van der Waals surface area contributed by atoms with E-state index in [1.807, 2.05) is 26.8 Å². The zero-order chi connectivity index (χ0) is 15.6. The molecule has 0 saturated carbocycles. The summed E-state index contributed by atoms with van der Waals surface area (Å²) in [6.45, 7) is 6.37. The lowest BCUT2D eigenvalue weighted by atomic mass is 10.1. The lowest BCUT2D eigenvalue weighted by Gasteiger charge is -2.19. The van der Waals surface area contributed by atoms with Gasteiger partial charge in [-0.15, -0.1) is 0 Å². The summed E-state index contributed by atoms with van der Waals surface area (Å²) in [5, 5.41) is 2.87. The van der Waals surface area contributed by atoms with Crippen LogP contribution >= 0.6 is 0 Å². The fourth-order valence-electron chi connectivity index (χ4n) is 2.40. The summed E-state index contributed by atoms with van der Waals surface area (Å²) < 4.78 is 25.4. The first-order valence-corrected chi connectivity index (χ1v) is 8.81. The highest BCUT2D eigenvalue weighted by atomic mass is 32.2. The van der Waals surface area contributed by atoms with E-state index in [-0.39, 0.29) is 17.6 Å². The van der Waals surface area contributed by atoms with E-state index in [0.717, 1.165) is 5.56 Å². The molecular weight excluding hydrogens is 288 g/mol. The first-order chi connectivity index (χ1) is 9.79. The van der Waals surface area contributed by atoms with Gasteiger partial charge in [0.05, 0.1) is 11.4 Å². The summed E-state index contributed by atoms with van der Waals surface area (Å²) in [6, 6.07) is 5.38. The third-order valence-corrected chi connectivity index (χ3v) is 5.35. The Morgan fingerprint density at radius 1 is 1.38 bits per heavy atom. The van der Waals surface area contributed by atoms with E-state index in [1.54, 1.807) is 12.1 Å². The molecule has 0 radical (unpaired) electrons. The van der Waals surface area contributed by atoms with E-state index in [2.05, 4.69) is 5.32 Å². The maximum atomic E-state index is 12.0. The number of carbonyl (C=O) groups is 1. The van der Waals surface area contributed by atoms with Gasteiger partial charge in [-0.25, -0.2) is 8.42 Å². The van der Waals surface area contributed by atoms with Crippen LogP contribution in [0.25, 0.3) is 0 Å². The standard InChI is InChI=1S/C15H22N2O3S/c1-11(2)9-15(18)16-14-10-13(6-5-12(14)3)17-7-4-8-21(17,19)20/h5-6,10-11H,4,7-9H2,1-3H3,(H,16,18). The maximum Gasteiger partial charge on any atom is 0.235 e. The molecule has 0 spiro atoms. The number of nitrogens with one attached hydrogen (secondary N) is 1. The van der Waals surface area contributed by atoms with Gasteiger partial charge in [-0.3, -0.25) is 9.10 Å². The Morgan fingerprint density at radius 3 is 2.67 bits per heavy atom. The van der Waals surface area contributed by atoms with Crippen molar-refractivity contribution in [2.45, 2.75) is 33.6 Å². The Balaban J connectivity index is 2.23. The van der Waals surface area contributed by atoms with Crippen molar-refractivity contribution in [3.05, 3.63) is 23.8 Å². The number of aryl methyl sites for hydroxylation is 1. The summed E-state index contributed by atoms with van der Waals surface area (Å²) in [6.07, 6.45) is 1.09. The van der Waals surface area contributed by atoms with Gasteiger partial charge >= 0.3 is 0 Å². The van der Waals surface area contributed by atoms with Crippen LogP contribution in [0.2, 0.25) is 0 Å². The second kappa shape index (κ2) is 6.05. The summed E-state index contributed by atoms with van der Waals surface area (Å²) in [7, 11) is -3.20. The Labute approximate surface area is 126 Å². The van der Waals surface area contributed by atoms with Gasteiger partial charge in [-0.05, 0) is 37.0 Å². The van der Waals surface area contributed by atoms with Crippen LogP contribution in [0.1, 0.15) is 32.3 Å². The highest BCUT2D eigenvalue weighted by Gasteiger charge is 2.28. The number of rotatable bonds is 4. The summed E-state index contributed by atoms with van der Waals surface area (Å²) in [5.74, 6) is 0.428. The smallest absolute Gasteiger partial charge is 0.235 e. The average Bonchev–Trinajstić information content (AvgIpc) is 2.71. The number of carbonyl (C=O) groups excluding carboxylic acids is 1. The molecule has 0 aromatic heterocycles. The zero-order valence-corrected chi connectivity index (χ0v) is 13.5. The molecule has 2 rings (SSSR count). The minimum atomic E-state index is -3.20. The molecule has 1 amide bonds. The van der Waals surface area contributed by atoms with E-state index in [9.17, 15) is 13.2 Å². The number of sulfonamides is 1. The second-order valence-corrected chi connectivity index (χ2v) is 7.90. The van der Waals surface area contributed by atoms with Gasteiger partial charge in [0.25, 0.3) is 0 Å². The normalized spacial score (nSPS) is 17.2. The summed E-state index contributed by atoms with van der Waals surface area (Å²) in [5.41, 5.74) is 2.23. The van der Waals surface area contributed by atoms with Crippen LogP contribution in [0.5, 0.6) is 0 Å². The van der Waals surface area contributed by atoms with Crippen LogP contribution in [0.3, 0.4) is 0 Å². The van der Waals surface area contributed by atoms with Gasteiger partial charge in [-0.2, -0.15) is 0 Å². The molecule has 0 atom stereocenters. The largest absolute Gasteiger partial charge is 0.326 e. The monoisotopic (exact) mass is 310 g/mol. The van der Waals surface area contributed by atoms with Gasteiger partial charge < -0.3 is 5.32 Å². The molecular formula is C15H22N2O3S. The van der Waals surface area contributed by atoms with Crippen molar-refractivity contribution in [3.8, 4) is 0 Å². The van der Waals surface area contributed by atoms with E-state index >= 15 is 0 Å². The molecule has 1 N–H and O–H groups in total. The number of amides is 1. The minimum Gasteiger partial charge on any atom is -0.326 e. The van der Waals surface area contributed by atoms with Gasteiger partial charge in [-0.1, -0.05) is 19.9 Å². The Hall–Kier alpha value is -1.56. The Bertz CT molecular complexity index is 638. The lowest BCUT2D eigenvalue weighted by Crippen LogP contribution is -2.25. The van der Waals surface area contributed by atoms with Crippen molar-refractivity contribution in [2.24, 2.45) is 5.92 Å². The minimum absolute atomic E-state index is 0.0467. The molecule has 1 heterocycles. The molecule has 0 unspecified atom stereocenters. The SMILES string of the molecule is Cc1ccc(N2CCCS2(=O)=O)cc1NC(=O)CC(C)C. The van der Waals surface area contributed by atoms with Gasteiger partial charge in [0.15, 0.2) is 0 Å². The molecule has 1 fully saturated rings. The predicted octanol–water partition coefficient (Wildman–Crippen LogP) is 2.52. The fourth-order valence-corrected chi connectivity index (χ4v) is 3.96. The molecule has 0 bridgehead atoms. The average molecular weight is 310 g/mol. The number of benzene rings is 1. The number of anilines is 2. The maximum absolute atomic E-state index is 12.0. The third kappa shape index (κ3) is 3.75. The number of nitrogens with zero attached hydrogens (tertiary/aromatic N) is 1. The van der Waals surface area contributed by atoms with E-state index < -0.39 is 10.0 Å². The van der Waals surface area contributed by atoms with Crippen LogP contribution in [0.4, 0.5) is 11.4 Å². The molecule has 1 aliphatic rings. The first-order valence-electron chi connectivity index (χ1n) is 7.20. The van der Waals surface area contributed by atoms with Gasteiger partial charge in [0, 0.05) is 18.7 Å². The fraction of sp³-hybridized carbons (Fsp3) is 0.533. The van der Waals surface area contributed by atoms with Crippen molar-refractivity contribution in [2.75, 3.05) is 21.9 Å². The summed E-state index contributed by atoms with van der Waals surface area (Å²) in [4.78, 5) is 11.9. The molecule has 1 aromatic rings. The molecule has 1 aliphatic heterocycles. The van der Waals surface area contributed by atoms with Crippen LogP contribution in [-0.4, -0.2) is 26.6 Å². The van der Waals surface area contributed by atoms with Crippen molar-refractivity contribution >= 4 is 27.3 Å². The van der Waals surface area contributed by atoms with Crippen LogP contribution < -0.4 is 9.62 Å². The zero-order valence-electron chi connectivity index (χ0n) is 12.7. The molecule has 6 heteroatoms. The Morgan fingerprint density at radius 2 is 2.10 bits per heavy atom. The third-order valence-electron chi connectivity index (χ3n) is 3.48. The number of hydrogen-bond acceptors (Lipinski definition) is 3. The highest BCUT2D eigenvalue weighted by molar-refractivity contribution is 7.93. The van der Waals surface area contributed by atoms with Crippen LogP contribution in [0.15, 0.2) is 18.2 Å². The lowest BCUT2D eigenvalue weighted by molar-refractivity contribution is -0.116. The Kier molecular flexibility index (Phi) is 4.56. The molecule has 1 aromatic carbocycles. The molecule has 5 nitrogen and oxygen atoms in total. The topological polar surface area (TPSA) is 66.5 Å². The van der Waals surface area contributed by atoms with E-state index in [1.165, 1.54) is 4.31 Å². The van der Waals surface area contributed by atoms with Crippen LogP contribution in [0, 0.1) is 12.8 Å². The molecule has 1 saturated heterocycles. The van der Waals surface area contributed by atoms with Crippen molar-refractivity contribution in [1.82, 2.24) is 0 Å². The molecule has 0 aliphatic carbocycles. The van der Waals surface area contributed by atoms with E-state index in [4.69, 9.17) is 0 Å². The molecule has 116 valence electrons. The predicted molar refractivity (Wildman–Crippen MR) is 85.0 cm³/mol. The molecule has 21 heavy (non-hydrogen) atoms. The second-order valence-electron chi connectivity index (χ2n) is 5.89. The summed E-state index contributed by atoms with van der Waals surface area (Å²) >= 11 is 0. The van der Waals surface area contributed by atoms with Crippen molar-refractivity contribution in [3.63, 3.8) is 0 Å².